The van der Waals surface area contributed by atoms with E-state index in [0.29, 0.717) is 5.65 Å². The first kappa shape index (κ1) is 23.9. The van der Waals surface area contributed by atoms with Gasteiger partial charge in [-0.05, 0) is 72.5 Å². The highest BCUT2D eigenvalue weighted by molar-refractivity contribution is 5.99. The number of fused-ring (bicyclic) bond motifs is 2. The van der Waals surface area contributed by atoms with Gasteiger partial charge in [-0.25, -0.2) is 9.97 Å². The Balaban J connectivity index is 1.55. The second-order valence-corrected chi connectivity index (χ2v) is 8.76. The molecule has 184 valence electrons. The average Bonchev–Trinajstić information content (AvgIpc) is 3.55. The molecule has 5 rings (SSSR count). The van der Waals surface area contributed by atoms with Crippen LogP contribution in [0.2, 0.25) is 0 Å². The van der Waals surface area contributed by atoms with Crippen molar-refractivity contribution < 1.29 is 0 Å². The van der Waals surface area contributed by atoms with Gasteiger partial charge in [0.1, 0.15) is 5.65 Å². The zero-order chi connectivity index (χ0) is 25.8. The summed E-state index contributed by atoms with van der Waals surface area (Å²) in [6.45, 7) is 12.2. The average molecular weight is 488 g/mol. The lowest BCUT2D eigenvalue weighted by atomic mass is 10.0. The summed E-state index contributed by atoms with van der Waals surface area (Å²) in [6, 6.07) is 10.2. The number of nitrogens with one attached hydrogen (secondary N) is 3. The lowest BCUT2D eigenvalue weighted by molar-refractivity contribution is 0.829. The third-order valence-corrected chi connectivity index (χ3v) is 6.25. The molecule has 0 aliphatic heterocycles. The number of aromatic amines is 2. The topological polar surface area (TPSA) is 95.2 Å². The highest BCUT2D eigenvalue weighted by Gasteiger charge is 2.15. The molecule has 7 nitrogen and oxygen atoms in total. The van der Waals surface area contributed by atoms with E-state index in [2.05, 4.69) is 79.8 Å². The Morgan fingerprint density at radius 1 is 1.08 bits per heavy atom. The molecule has 0 saturated carbocycles. The lowest BCUT2D eigenvalue weighted by Crippen LogP contribution is -2.10. The molecule has 0 bridgehead atoms. The predicted molar refractivity (Wildman–Crippen MR) is 151 cm³/mol. The fourth-order valence-electron chi connectivity index (χ4n) is 4.42. The first-order chi connectivity index (χ1) is 18.1. The minimum absolute atomic E-state index is 0.651. The third-order valence-electron chi connectivity index (χ3n) is 6.25. The first-order valence-corrected chi connectivity index (χ1v) is 12.3. The van der Waals surface area contributed by atoms with E-state index < -0.39 is 0 Å². The van der Waals surface area contributed by atoms with Crippen molar-refractivity contribution in [1.29, 1.82) is 0 Å². The van der Waals surface area contributed by atoms with Crippen molar-refractivity contribution in [3.05, 3.63) is 103 Å². The number of nitrogens with zero attached hydrogens (tertiary/aromatic N) is 4. The van der Waals surface area contributed by atoms with E-state index >= 15 is 0 Å². The summed E-state index contributed by atoms with van der Waals surface area (Å²) in [7, 11) is 0. The Kier molecular flexibility index (Phi) is 6.76. The molecule has 5 heterocycles. The fourth-order valence-corrected chi connectivity index (χ4v) is 4.42. The Bertz CT molecular complexity index is 1650. The Morgan fingerprint density at radius 2 is 1.92 bits per heavy atom. The van der Waals surface area contributed by atoms with E-state index in [-0.39, 0.29) is 0 Å². The Morgan fingerprint density at radius 3 is 2.68 bits per heavy atom. The zero-order valence-electron chi connectivity index (χ0n) is 21.0. The van der Waals surface area contributed by atoms with Crippen LogP contribution < -0.4 is 5.32 Å². The largest absolute Gasteiger partial charge is 0.359 e. The predicted octanol–water partition coefficient (Wildman–Crippen LogP) is 6.94. The molecular formula is C30H29N7. The molecule has 0 aliphatic carbocycles. The van der Waals surface area contributed by atoms with Gasteiger partial charge in [0, 0.05) is 52.5 Å². The van der Waals surface area contributed by atoms with Gasteiger partial charge < -0.3 is 10.3 Å². The molecule has 0 spiro atoms. The molecule has 5 aromatic heterocycles. The smallest absolute Gasteiger partial charge is 0.181 e. The maximum Gasteiger partial charge on any atom is 0.181 e. The summed E-state index contributed by atoms with van der Waals surface area (Å²) in [4.78, 5) is 16.8. The zero-order valence-corrected chi connectivity index (χ0v) is 21.0. The van der Waals surface area contributed by atoms with Crippen molar-refractivity contribution >= 4 is 27.6 Å². The summed E-state index contributed by atoms with van der Waals surface area (Å²) in [5, 5.41) is 12.9. The van der Waals surface area contributed by atoms with E-state index in [1.165, 1.54) is 0 Å². The molecule has 0 saturated heterocycles. The monoisotopic (exact) mass is 487 g/mol. The van der Waals surface area contributed by atoms with Crippen LogP contribution >= 0.6 is 0 Å². The highest BCUT2D eigenvalue weighted by Crippen LogP contribution is 2.33. The maximum absolute atomic E-state index is 4.63. The highest BCUT2D eigenvalue weighted by atomic mass is 15.2. The molecule has 0 fully saturated rings. The fraction of sp³-hybridized carbons (Fsp3) is 0.133. The van der Waals surface area contributed by atoms with Crippen LogP contribution in [0.1, 0.15) is 32.3 Å². The SMILES string of the molecule is C=C/C(=C\C(=C/C)c1cnc2n[nH]c(-c3cc4c(-c5ccncc5)ccnc4[nH]3)c2c1)NC(=C)CCC. The van der Waals surface area contributed by atoms with Crippen LogP contribution in [0, 0.1) is 0 Å². The standard InChI is InChI=1S/C30H29N7/c1-5-8-19(4)34-23(7-3)15-20(6-2)22-16-26-28(36-37-30(26)33-18-22)27-17-25-24(11-14-32-29(25)35-27)21-9-12-31-13-10-21/h6-7,9-18,34H,3-5,8H2,1-2H3,(H,32,35)(H,33,36,37)/b20-6+,23-15+. The second-order valence-electron chi connectivity index (χ2n) is 8.76. The van der Waals surface area contributed by atoms with Crippen molar-refractivity contribution in [2.45, 2.75) is 26.7 Å². The summed E-state index contributed by atoms with van der Waals surface area (Å²) in [6.07, 6.45) is 15.1. The molecule has 3 N–H and O–H groups in total. The minimum atomic E-state index is 0.651. The van der Waals surface area contributed by atoms with Gasteiger partial charge >= 0.3 is 0 Å². The molecular weight excluding hydrogens is 458 g/mol. The van der Waals surface area contributed by atoms with Gasteiger partial charge in [0.2, 0.25) is 0 Å². The van der Waals surface area contributed by atoms with E-state index in [9.17, 15) is 0 Å². The van der Waals surface area contributed by atoms with E-state index in [1.807, 2.05) is 37.5 Å². The van der Waals surface area contributed by atoms with Crippen molar-refractivity contribution in [3.63, 3.8) is 0 Å². The minimum Gasteiger partial charge on any atom is -0.359 e. The second kappa shape index (κ2) is 10.5. The Labute approximate surface area is 215 Å². The first-order valence-electron chi connectivity index (χ1n) is 12.3. The van der Waals surface area contributed by atoms with Gasteiger partial charge in [-0.15, -0.1) is 0 Å². The summed E-state index contributed by atoms with van der Waals surface area (Å²) in [5.74, 6) is 0. The summed E-state index contributed by atoms with van der Waals surface area (Å²) >= 11 is 0. The molecule has 5 aromatic rings. The van der Waals surface area contributed by atoms with Gasteiger partial charge in [0.25, 0.3) is 0 Å². The molecule has 0 atom stereocenters. The normalized spacial score (nSPS) is 12.3. The van der Waals surface area contributed by atoms with Crippen LogP contribution in [-0.4, -0.2) is 30.1 Å². The van der Waals surface area contributed by atoms with Gasteiger partial charge in [0.05, 0.1) is 11.4 Å². The van der Waals surface area contributed by atoms with Gasteiger partial charge in [-0.1, -0.05) is 32.6 Å². The number of allylic oxidation sites excluding steroid dienone is 5. The number of pyridine rings is 3. The number of H-pyrrole nitrogens is 2. The van der Waals surface area contributed by atoms with Crippen LogP contribution in [0.4, 0.5) is 0 Å². The quantitative estimate of drug-likeness (QED) is 0.196. The van der Waals surface area contributed by atoms with Crippen LogP contribution in [0.25, 0.3) is 50.2 Å². The molecule has 0 amide bonds. The van der Waals surface area contributed by atoms with E-state index in [1.54, 1.807) is 18.5 Å². The summed E-state index contributed by atoms with van der Waals surface area (Å²) in [5.41, 5.74) is 9.25. The van der Waals surface area contributed by atoms with Crippen molar-refractivity contribution in [1.82, 2.24) is 35.5 Å². The number of hydrogen-bond donors (Lipinski definition) is 3. The molecule has 0 aromatic carbocycles. The van der Waals surface area contributed by atoms with Gasteiger partial charge in [-0.3, -0.25) is 10.1 Å². The summed E-state index contributed by atoms with van der Waals surface area (Å²) < 4.78 is 0. The van der Waals surface area contributed by atoms with Crippen LogP contribution in [0.5, 0.6) is 0 Å². The molecule has 37 heavy (non-hydrogen) atoms. The molecule has 0 aliphatic rings. The lowest BCUT2D eigenvalue weighted by Gasteiger charge is -2.11. The maximum atomic E-state index is 4.63. The Hall–Kier alpha value is -4.78. The van der Waals surface area contributed by atoms with E-state index in [0.717, 1.165) is 74.3 Å². The van der Waals surface area contributed by atoms with Crippen LogP contribution in [-0.2, 0) is 0 Å². The van der Waals surface area contributed by atoms with Gasteiger partial charge in [0.15, 0.2) is 5.65 Å². The molecule has 7 heteroatoms. The molecule has 0 unspecified atom stereocenters. The third kappa shape index (κ3) is 4.84. The number of rotatable bonds is 9. The van der Waals surface area contributed by atoms with Crippen LogP contribution in [0.15, 0.2) is 97.9 Å². The van der Waals surface area contributed by atoms with E-state index in [4.69, 9.17) is 0 Å². The van der Waals surface area contributed by atoms with Crippen LogP contribution in [0.3, 0.4) is 0 Å². The number of aromatic nitrogens is 6. The van der Waals surface area contributed by atoms with Crippen molar-refractivity contribution in [2.24, 2.45) is 0 Å². The van der Waals surface area contributed by atoms with Gasteiger partial charge in [-0.2, -0.15) is 5.10 Å². The van der Waals surface area contributed by atoms with Crippen molar-refractivity contribution in [3.8, 4) is 22.5 Å². The number of hydrogen-bond acceptors (Lipinski definition) is 5. The molecule has 0 radical (unpaired) electrons. The van der Waals surface area contributed by atoms with Crippen molar-refractivity contribution in [2.75, 3.05) is 0 Å².